The van der Waals surface area contributed by atoms with E-state index in [0.29, 0.717) is 11.1 Å². The van der Waals surface area contributed by atoms with Gasteiger partial charge < -0.3 is 5.32 Å². The summed E-state index contributed by atoms with van der Waals surface area (Å²) < 4.78 is 14.1. The van der Waals surface area contributed by atoms with Crippen LogP contribution in [0.5, 0.6) is 0 Å². The first-order valence-electron chi connectivity index (χ1n) is 5.81. The Morgan fingerprint density at radius 1 is 1.11 bits per heavy atom. The molecule has 0 spiro atoms. The van der Waals surface area contributed by atoms with Crippen LogP contribution in [-0.2, 0) is 0 Å². The first-order valence-corrected chi connectivity index (χ1v) is 6.60. The Labute approximate surface area is 119 Å². The second-order valence-corrected chi connectivity index (χ2v) is 5.29. The number of hydrogen-bond acceptors (Lipinski definition) is 1. The monoisotopic (exact) mass is 321 g/mol. The lowest BCUT2D eigenvalue weighted by Gasteiger charge is -2.09. The van der Waals surface area contributed by atoms with Gasteiger partial charge in [0.1, 0.15) is 5.82 Å². The van der Waals surface area contributed by atoms with Crippen LogP contribution in [0.25, 0.3) is 0 Å². The summed E-state index contributed by atoms with van der Waals surface area (Å²) in [5.74, 6) is -0.551. The minimum absolute atomic E-state index is 0.242. The number of carbonyl (C=O) groups excluding carboxylic acids is 1. The average molecular weight is 322 g/mol. The average Bonchev–Trinajstić information content (AvgIpc) is 2.36. The first-order chi connectivity index (χ1) is 8.97. The molecule has 0 bridgehead atoms. The third kappa shape index (κ3) is 3.20. The van der Waals surface area contributed by atoms with E-state index >= 15 is 0 Å². The molecule has 2 aromatic carbocycles. The highest BCUT2D eigenvalue weighted by Crippen LogP contribution is 2.21. The van der Waals surface area contributed by atoms with E-state index in [9.17, 15) is 9.18 Å². The molecular weight excluding hydrogens is 309 g/mol. The van der Waals surface area contributed by atoms with Crippen molar-refractivity contribution in [3.8, 4) is 0 Å². The van der Waals surface area contributed by atoms with E-state index in [4.69, 9.17) is 0 Å². The summed E-state index contributed by atoms with van der Waals surface area (Å²) in [7, 11) is 0. The van der Waals surface area contributed by atoms with Gasteiger partial charge in [-0.2, -0.15) is 0 Å². The normalized spacial score (nSPS) is 10.3. The summed E-state index contributed by atoms with van der Waals surface area (Å²) in [6.45, 7) is 3.55. The van der Waals surface area contributed by atoms with E-state index in [-0.39, 0.29) is 11.7 Å². The van der Waals surface area contributed by atoms with Crippen LogP contribution in [0.2, 0.25) is 0 Å². The SMILES string of the molecule is Cc1cc(C(=O)Nc2ccc(Br)cc2C)ccc1F. The van der Waals surface area contributed by atoms with Crippen molar-refractivity contribution in [3.05, 3.63) is 63.4 Å². The number of benzene rings is 2. The van der Waals surface area contributed by atoms with Crippen molar-refractivity contribution in [1.29, 1.82) is 0 Å². The predicted octanol–water partition coefficient (Wildman–Crippen LogP) is 4.46. The fraction of sp³-hybridized carbons (Fsp3) is 0.133. The summed E-state index contributed by atoms with van der Waals surface area (Å²) in [5.41, 5.74) is 2.61. The van der Waals surface area contributed by atoms with Gasteiger partial charge in [0.05, 0.1) is 0 Å². The second kappa shape index (κ2) is 5.53. The number of aryl methyl sites for hydroxylation is 2. The minimum Gasteiger partial charge on any atom is -0.322 e. The Hall–Kier alpha value is -1.68. The molecular formula is C15H13BrFNO. The zero-order chi connectivity index (χ0) is 14.0. The lowest BCUT2D eigenvalue weighted by molar-refractivity contribution is 0.102. The van der Waals surface area contributed by atoms with Gasteiger partial charge in [0, 0.05) is 15.7 Å². The van der Waals surface area contributed by atoms with Crippen LogP contribution < -0.4 is 5.32 Å². The highest BCUT2D eigenvalue weighted by molar-refractivity contribution is 9.10. The van der Waals surface area contributed by atoms with E-state index in [1.54, 1.807) is 13.0 Å². The third-order valence-electron chi connectivity index (χ3n) is 2.86. The van der Waals surface area contributed by atoms with Crippen molar-refractivity contribution in [2.24, 2.45) is 0 Å². The lowest BCUT2D eigenvalue weighted by atomic mass is 10.1. The molecule has 4 heteroatoms. The van der Waals surface area contributed by atoms with Gasteiger partial charge >= 0.3 is 0 Å². The van der Waals surface area contributed by atoms with Gasteiger partial charge in [0.2, 0.25) is 0 Å². The highest BCUT2D eigenvalue weighted by atomic mass is 79.9. The zero-order valence-electron chi connectivity index (χ0n) is 10.6. The fourth-order valence-electron chi connectivity index (χ4n) is 1.75. The van der Waals surface area contributed by atoms with Gasteiger partial charge in [-0.05, 0) is 61.4 Å². The summed E-state index contributed by atoms with van der Waals surface area (Å²) in [6.07, 6.45) is 0. The molecule has 0 unspecified atom stereocenters. The van der Waals surface area contributed by atoms with E-state index in [2.05, 4.69) is 21.2 Å². The smallest absolute Gasteiger partial charge is 0.255 e. The maximum Gasteiger partial charge on any atom is 0.255 e. The van der Waals surface area contributed by atoms with E-state index in [1.807, 2.05) is 25.1 Å². The molecule has 0 fully saturated rings. The second-order valence-electron chi connectivity index (χ2n) is 4.38. The van der Waals surface area contributed by atoms with E-state index in [1.165, 1.54) is 12.1 Å². The number of nitrogens with one attached hydrogen (secondary N) is 1. The number of carbonyl (C=O) groups is 1. The maximum absolute atomic E-state index is 13.2. The molecule has 0 aliphatic heterocycles. The van der Waals surface area contributed by atoms with Gasteiger partial charge in [-0.1, -0.05) is 15.9 Å². The van der Waals surface area contributed by atoms with Crippen LogP contribution >= 0.6 is 15.9 Å². The van der Waals surface area contributed by atoms with Crippen LogP contribution in [0.4, 0.5) is 10.1 Å². The van der Waals surface area contributed by atoms with Crippen molar-refractivity contribution in [3.63, 3.8) is 0 Å². The molecule has 1 N–H and O–H groups in total. The van der Waals surface area contributed by atoms with E-state index in [0.717, 1.165) is 15.7 Å². The van der Waals surface area contributed by atoms with Gasteiger partial charge in [0.15, 0.2) is 0 Å². The Balaban J connectivity index is 2.23. The lowest BCUT2D eigenvalue weighted by Crippen LogP contribution is -2.13. The van der Waals surface area contributed by atoms with Gasteiger partial charge in [-0.3, -0.25) is 4.79 Å². The van der Waals surface area contributed by atoms with Gasteiger partial charge in [0.25, 0.3) is 5.91 Å². The van der Waals surface area contributed by atoms with Gasteiger partial charge in [-0.25, -0.2) is 4.39 Å². The minimum atomic E-state index is -0.309. The van der Waals surface area contributed by atoms with Crippen molar-refractivity contribution < 1.29 is 9.18 Å². The molecule has 2 aromatic rings. The fourth-order valence-corrected chi connectivity index (χ4v) is 2.22. The van der Waals surface area contributed by atoms with Crippen LogP contribution in [0.3, 0.4) is 0 Å². The van der Waals surface area contributed by atoms with Crippen LogP contribution in [0, 0.1) is 19.7 Å². The standard InChI is InChI=1S/C15H13BrFNO/c1-9-7-11(3-5-13(9)17)15(19)18-14-6-4-12(16)8-10(14)2/h3-8H,1-2H3,(H,18,19). The summed E-state index contributed by atoms with van der Waals surface area (Å²) in [4.78, 5) is 12.1. The topological polar surface area (TPSA) is 29.1 Å². The molecule has 0 heterocycles. The number of anilines is 1. The zero-order valence-corrected chi connectivity index (χ0v) is 12.2. The Morgan fingerprint density at radius 2 is 1.84 bits per heavy atom. The molecule has 2 rings (SSSR count). The molecule has 0 saturated carbocycles. The molecule has 1 amide bonds. The molecule has 0 aromatic heterocycles. The highest BCUT2D eigenvalue weighted by Gasteiger charge is 2.09. The Morgan fingerprint density at radius 3 is 2.47 bits per heavy atom. The first kappa shape index (κ1) is 13.7. The number of rotatable bonds is 2. The van der Waals surface area contributed by atoms with Crippen LogP contribution in [-0.4, -0.2) is 5.91 Å². The third-order valence-corrected chi connectivity index (χ3v) is 3.35. The largest absolute Gasteiger partial charge is 0.322 e. The Kier molecular flexibility index (Phi) is 4.00. The maximum atomic E-state index is 13.2. The van der Waals surface area contributed by atoms with Crippen molar-refractivity contribution in [1.82, 2.24) is 0 Å². The molecule has 2 nitrogen and oxygen atoms in total. The van der Waals surface area contributed by atoms with Crippen LogP contribution in [0.15, 0.2) is 40.9 Å². The Bertz CT molecular complexity index is 640. The number of hydrogen-bond donors (Lipinski definition) is 1. The number of amides is 1. The molecule has 19 heavy (non-hydrogen) atoms. The quantitative estimate of drug-likeness (QED) is 0.869. The molecule has 0 aliphatic rings. The van der Waals surface area contributed by atoms with Crippen molar-refractivity contribution in [2.45, 2.75) is 13.8 Å². The van der Waals surface area contributed by atoms with E-state index < -0.39 is 0 Å². The predicted molar refractivity (Wildman–Crippen MR) is 78.0 cm³/mol. The molecule has 98 valence electrons. The summed E-state index contributed by atoms with van der Waals surface area (Å²) in [6, 6.07) is 9.93. The summed E-state index contributed by atoms with van der Waals surface area (Å²) in [5, 5.41) is 2.82. The molecule has 0 radical (unpaired) electrons. The molecule has 0 saturated heterocycles. The number of halogens is 2. The summed E-state index contributed by atoms with van der Waals surface area (Å²) >= 11 is 3.37. The van der Waals surface area contributed by atoms with Crippen molar-refractivity contribution >= 4 is 27.5 Å². The molecule has 0 atom stereocenters. The van der Waals surface area contributed by atoms with Gasteiger partial charge in [-0.15, -0.1) is 0 Å². The van der Waals surface area contributed by atoms with Crippen LogP contribution in [0.1, 0.15) is 21.5 Å². The van der Waals surface area contributed by atoms with Crippen molar-refractivity contribution in [2.75, 3.05) is 5.32 Å². The molecule has 0 aliphatic carbocycles.